The van der Waals surface area contributed by atoms with Gasteiger partial charge in [0.25, 0.3) is 0 Å². The van der Waals surface area contributed by atoms with Crippen LogP contribution in [0.2, 0.25) is 5.15 Å². The Morgan fingerprint density at radius 2 is 2.14 bits per heavy atom. The predicted molar refractivity (Wildman–Crippen MR) is 44.0 cm³/mol. The Morgan fingerprint density at radius 1 is 1.50 bits per heavy atom. The first-order valence-corrected chi connectivity index (χ1v) is 3.98. The first kappa shape index (κ1) is 11.0. The second-order valence-corrected chi connectivity index (χ2v) is 2.97. The molecular weight excluding hydrogens is 219 g/mol. The molecule has 0 amide bonds. The highest BCUT2D eigenvalue weighted by Gasteiger charge is 2.37. The maximum Gasteiger partial charge on any atom is 0.450 e. The van der Waals surface area contributed by atoms with E-state index in [1.165, 1.54) is 18.3 Å². The fraction of sp³-hybridized carbons (Fsp3) is 0.250. The number of hydrogen-bond acceptors (Lipinski definition) is 2. The van der Waals surface area contributed by atoms with Gasteiger partial charge in [-0.1, -0.05) is 11.6 Å². The molecule has 0 saturated carbocycles. The molecule has 0 unspecified atom stereocenters. The van der Waals surface area contributed by atoms with Gasteiger partial charge in [0.1, 0.15) is 5.15 Å². The molecule has 1 heterocycles. The van der Waals surface area contributed by atoms with Gasteiger partial charge in [-0.05, 0) is 17.7 Å². The van der Waals surface area contributed by atoms with Crippen LogP contribution in [0.4, 0.5) is 13.2 Å². The monoisotopic (exact) mass is 223 g/mol. The van der Waals surface area contributed by atoms with Crippen LogP contribution in [0.25, 0.3) is 0 Å². The van der Waals surface area contributed by atoms with Gasteiger partial charge in [0, 0.05) is 12.6 Å². The van der Waals surface area contributed by atoms with Gasteiger partial charge in [-0.3, -0.25) is 4.79 Å². The number of pyridine rings is 1. The fourth-order valence-electron chi connectivity index (χ4n) is 0.838. The summed E-state index contributed by atoms with van der Waals surface area (Å²) in [5.74, 6) is -1.79. The van der Waals surface area contributed by atoms with Crippen LogP contribution in [0.5, 0.6) is 0 Å². The zero-order valence-electron chi connectivity index (χ0n) is 6.81. The van der Waals surface area contributed by atoms with Crippen molar-refractivity contribution < 1.29 is 18.0 Å². The van der Waals surface area contributed by atoms with Crippen molar-refractivity contribution in [2.24, 2.45) is 0 Å². The highest BCUT2D eigenvalue weighted by molar-refractivity contribution is 6.29. The standard InChI is InChI=1S/C8H5ClF3NO/c9-7-4-5(1-2-13-7)3-6(14)8(10,11)12/h1-2,4H,3H2. The summed E-state index contributed by atoms with van der Waals surface area (Å²) in [6.07, 6.45) is -4.25. The molecule has 1 aromatic rings. The van der Waals surface area contributed by atoms with E-state index < -0.39 is 18.4 Å². The molecule has 0 saturated heterocycles. The van der Waals surface area contributed by atoms with E-state index in [-0.39, 0.29) is 10.7 Å². The van der Waals surface area contributed by atoms with Crippen molar-refractivity contribution in [3.05, 3.63) is 29.0 Å². The Bertz CT molecular complexity index is 351. The van der Waals surface area contributed by atoms with Crippen molar-refractivity contribution in [3.63, 3.8) is 0 Å². The van der Waals surface area contributed by atoms with Gasteiger partial charge >= 0.3 is 6.18 Å². The zero-order valence-corrected chi connectivity index (χ0v) is 7.56. The van der Waals surface area contributed by atoms with Gasteiger partial charge in [0.2, 0.25) is 5.78 Å². The van der Waals surface area contributed by atoms with E-state index in [1.54, 1.807) is 0 Å². The average Bonchev–Trinajstić information content (AvgIpc) is 2.02. The van der Waals surface area contributed by atoms with Crippen LogP contribution in [0.3, 0.4) is 0 Å². The lowest BCUT2D eigenvalue weighted by molar-refractivity contribution is -0.170. The van der Waals surface area contributed by atoms with Crippen molar-refractivity contribution in [1.82, 2.24) is 4.98 Å². The molecule has 76 valence electrons. The Balaban J connectivity index is 2.75. The number of nitrogens with zero attached hydrogens (tertiary/aromatic N) is 1. The number of carbonyl (C=O) groups excluding carboxylic acids is 1. The molecular formula is C8H5ClF3NO. The maximum atomic E-state index is 11.8. The van der Waals surface area contributed by atoms with Crippen molar-refractivity contribution in [2.45, 2.75) is 12.6 Å². The molecule has 6 heteroatoms. The van der Waals surface area contributed by atoms with Gasteiger partial charge < -0.3 is 0 Å². The summed E-state index contributed by atoms with van der Waals surface area (Å²) in [6.45, 7) is 0. The molecule has 0 N–H and O–H groups in total. The van der Waals surface area contributed by atoms with Crippen LogP contribution in [0.15, 0.2) is 18.3 Å². The molecule has 0 spiro atoms. The fourth-order valence-corrected chi connectivity index (χ4v) is 1.03. The smallest absolute Gasteiger partial charge is 0.289 e. The second kappa shape index (κ2) is 3.96. The number of ketones is 1. The van der Waals surface area contributed by atoms with Gasteiger partial charge in [-0.25, -0.2) is 4.98 Å². The number of rotatable bonds is 2. The highest BCUT2D eigenvalue weighted by atomic mass is 35.5. The quantitative estimate of drug-likeness (QED) is 0.721. The minimum Gasteiger partial charge on any atom is -0.289 e. The molecule has 0 radical (unpaired) electrons. The van der Waals surface area contributed by atoms with Crippen LogP contribution in [-0.4, -0.2) is 16.9 Å². The van der Waals surface area contributed by atoms with E-state index in [9.17, 15) is 18.0 Å². The molecule has 14 heavy (non-hydrogen) atoms. The first-order valence-electron chi connectivity index (χ1n) is 3.60. The summed E-state index contributed by atoms with van der Waals surface area (Å²) in [6, 6.07) is 2.54. The van der Waals surface area contributed by atoms with E-state index >= 15 is 0 Å². The van der Waals surface area contributed by atoms with Crippen molar-refractivity contribution in [1.29, 1.82) is 0 Å². The highest BCUT2D eigenvalue weighted by Crippen LogP contribution is 2.19. The third-order valence-corrected chi connectivity index (χ3v) is 1.68. The third-order valence-electron chi connectivity index (χ3n) is 1.47. The number of alkyl halides is 3. The van der Waals surface area contributed by atoms with Crippen LogP contribution in [-0.2, 0) is 11.2 Å². The van der Waals surface area contributed by atoms with E-state index in [2.05, 4.69) is 4.98 Å². The lowest BCUT2D eigenvalue weighted by Gasteiger charge is -2.04. The van der Waals surface area contributed by atoms with E-state index in [0.29, 0.717) is 0 Å². The van der Waals surface area contributed by atoms with Gasteiger partial charge in [0.15, 0.2) is 0 Å². The normalized spacial score (nSPS) is 11.4. The molecule has 0 fully saturated rings. The summed E-state index contributed by atoms with van der Waals surface area (Å²) in [5, 5.41) is 0.0671. The van der Waals surface area contributed by atoms with Gasteiger partial charge in [-0.2, -0.15) is 13.2 Å². The maximum absolute atomic E-state index is 11.8. The minimum atomic E-state index is -4.80. The number of hydrogen-bond donors (Lipinski definition) is 0. The summed E-state index contributed by atoms with van der Waals surface area (Å²) in [7, 11) is 0. The van der Waals surface area contributed by atoms with Crippen molar-refractivity contribution >= 4 is 17.4 Å². The molecule has 0 aliphatic heterocycles. The van der Waals surface area contributed by atoms with Crippen LogP contribution in [0, 0.1) is 0 Å². The van der Waals surface area contributed by atoms with Crippen molar-refractivity contribution in [3.8, 4) is 0 Å². The Labute approximate surface area is 82.7 Å². The molecule has 0 aromatic carbocycles. The van der Waals surface area contributed by atoms with E-state index in [4.69, 9.17) is 11.6 Å². The predicted octanol–water partition coefficient (Wildman–Crippen LogP) is 2.41. The Kier molecular flexibility index (Phi) is 3.10. The summed E-state index contributed by atoms with van der Waals surface area (Å²) >= 11 is 5.44. The van der Waals surface area contributed by atoms with E-state index in [1.807, 2.05) is 0 Å². The molecule has 0 aliphatic carbocycles. The second-order valence-electron chi connectivity index (χ2n) is 2.58. The summed E-state index contributed by atoms with van der Waals surface area (Å²) in [5.41, 5.74) is 0.201. The molecule has 0 aliphatic rings. The molecule has 0 atom stereocenters. The summed E-state index contributed by atoms with van der Waals surface area (Å²) in [4.78, 5) is 14.1. The van der Waals surface area contributed by atoms with Gasteiger partial charge in [-0.15, -0.1) is 0 Å². The largest absolute Gasteiger partial charge is 0.450 e. The Morgan fingerprint density at radius 3 is 2.64 bits per heavy atom. The Hall–Kier alpha value is -1.10. The van der Waals surface area contributed by atoms with Gasteiger partial charge in [0.05, 0.1) is 0 Å². The minimum absolute atomic E-state index is 0.0671. The molecule has 1 aromatic heterocycles. The molecule has 0 bridgehead atoms. The number of aromatic nitrogens is 1. The third kappa shape index (κ3) is 2.99. The lowest BCUT2D eigenvalue weighted by atomic mass is 10.1. The molecule has 1 rings (SSSR count). The number of carbonyl (C=O) groups is 1. The van der Waals surface area contributed by atoms with E-state index in [0.717, 1.165) is 0 Å². The van der Waals surface area contributed by atoms with Crippen LogP contribution >= 0.6 is 11.6 Å². The summed E-state index contributed by atoms with van der Waals surface area (Å²) < 4.78 is 35.5. The number of Topliss-reactive ketones (excluding diaryl/α,β-unsaturated/α-hetero) is 1. The topological polar surface area (TPSA) is 30.0 Å². The SMILES string of the molecule is O=C(Cc1ccnc(Cl)c1)C(F)(F)F. The molecule has 2 nitrogen and oxygen atoms in total. The van der Waals surface area contributed by atoms with Crippen molar-refractivity contribution in [2.75, 3.05) is 0 Å². The van der Waals surface area contributed by atoms with Crippen LogP contribution < -0.4 is 0 Å². The average molecular weight is 224 g/mol. The lowest BCUT2D eigenvalue weighted by Crippen LogP contribution is -2.24. The zero-order chi connectivity index (χ0) is 10.8. The number of halogens is 4. The van der Waals surface area contributed by atoms with Crippen LogP contribution in [0.1, 0.15) is 5.56 Å². The first-order chi connectivity index (χ1) is 6.39.